The van der Waals surface area contributed by atoms with Crippen LogP contribution in [0, 0.1) is 5.92 Å². The molecule has 0 spiro atoms. The monoisotopic (exact) mass is 407 g/mol. The lowest BCUT2D eigenvalue weighted by Crippen LogP contribution is -2.50. The van der Waals surface area contributed by atoms with Gasteiger partial charge < -0.3 is 20.2 Å². The van der Waals surface area contributed by atoms with Gasteiger partial charge in [-0.15, -0.1) is 0 Å². The van der Waals surface area contributed by atoms with Crippen molar-refractivity contribution in [3.63, 3.8) is 0 Å². The lowest BCUT2D eigenvalue weighted by molar-refractivity contribution is -0.138. The van der Waals surface area contributed by atoms with E-state index in [0.717, 1.165) is 32.4 Å². The third kappa shape index (κ3) is 4.95. The van der Waals surface area contributed by atoms with Gasteiger partial charge in [0.05, 0.1) is 18.4 Å². The van der Waals surface area contributed by atoms with E-state index in [4.69, 9.17) is 11.6 Å². The highest BCUT2D eigenvalue weighted by molar-refractivity contribution is 6.31. The fraction of sp³-hybridized carbons (Fsp3) is 0.550. The third-order valence-corrected chi connectivity index (χ3v) is 5.76. The van der Waals surface area contributed by atoms with Crippen molar-refractivity contribution in [3.8, 4) is 0 Å². The van der Waals surface area contributed by atoms with Crippen molar-refractivity contribution in [1.82, 2.24) is 15.1 Å². The van der Waals surface area contributed by atoms with Crippen molar-refractivity contribution in [3.05, 3.63) is 34.9 Å². The molecule has 2 fully saturated rings. The predicted molar refractivity (Wildman–Crippen MR) is 105 cm³/mol. The van der Waals surface area contributed by atoms with Crippen LogP contribution in [0.5, 0.6) is 0 Å². The Morgan fingerprint density at radius 1 is 1.11 bits per heavy atom. The maximum absolute atomic E-state index is 12.9. The Bertz CT molecular complexity index is 736. The Balaban J connectivity index is 1.66. The number of hydrogen-bond acceptors (Lipinski definition) is 3. The van der Waals surface area contributed by atoms with Crippen LogP contribution >= 0.6 is 11.6 Å². The zero-order chi connectivity index (χ0) is 20.1. The summed E-state index contributed by atoms with van der Waals surface area (Å²) in [6.45, 7) is 2.57. The number of carbonyl (C=O) groups is 3. The number of rotatable bonds is 5. The van der Waals surface area contributed by atoms with E-state index >= 15 is 0 Å². The standard InChI is InChI=1S/C20H26ClN3O4/c21-16-8-2-1-7-15(16)17(12-18(25)26)22-19(27)14-6-5-11-24(13-14)20(28)23-9-3-4-10-23/h1-2,7-8,14,17H,3-6,9-13H2,(H,22,27)(H,25,26). The fourth-order valence-electron chi connectivity index (χ4n) is 3.93. The second kappa shape index (κ2) is 9.28. The lowest BCUT2D eigenvalue weighted by Gasteiger charge is -2.35. The number of likely N-dealkylation sites (tertiary alicyclic amines) is 2. The molecule has 2 aliphatic heterocycles. The summed E-state index contributed by atoms with van der Waals surface area (Å²) in [5.74, 6) is -1.59. The molecule has 7 nitrogen and oxygen atoms in total. The summed E-state index contributed by atoms with van der Waals surface area (Å²) in [5, 5.41) is 12.5. The van der Waals surface area contributed by atoms with Crippen LogP contribution in [-0.2, 0) is 9.59 Å². The number of halogens is 1. The second-order valence-electron chi connectivity index (χ2n) is 7.44. The average molecular weight is 408 g/mol. The Kier molecular flexibility index (Phi) is 6.78. The Morgan fingerprint density at radius 2 is 1.79 bits per heavy atom. The first kappa shape index (κ1) is 20.5. The molecular formula is C20H26ClN3O4. The number of piperidine rings is 1. The molecule has 2 heterocycles. The molecule has 0 aliphatic carbocycles. The summed E-state index contributed by atoms with van der Waals surface area (Å²) < 4.78 is 0. The normalized spacial score (nSPS) is 20.7. The van der Waals surface area contributed by atoms with E-state index in [1.165, 1.54) is 0 Å². The van der Waals surface area contributed by atoms with Crippen LogP contribution in [0.4, 0.5) is 4.79 Å². The minimum atomic E-state index is -1.01. The molecule has 0 aromatic heterocycles. The Hall–Kier alpha value is -2.28. The van der Waals surface area contributed by atoms with Gasteiger partial charge in [0.2, 0.25) is 5.91 Å². The van der Waals surface area contributed by atoms with Crippen LogP contribution in [-0.4, -0.2) is 59.0 Å². The molecular weight excluding hydrogens is 382 g/mol. The van der Waals surface area contributed by atoms with Crippen LogP contribution < -0.4 is 5.32 Å². The molecule has 152 valence electrons. The quantitative estimate of drug-likeness (QED) is 0.785. The van der Waals surface area contributed by atoms with Gasteiger partial charge in [-0.05, 0) is 37.3 Å². The molecule has 2 unspecified atom stereocenters. The van der Waals surface area contributed by atoms with Gasteiger partial charge in [-0.25, -0.2) is 4.79 Å². The van der Waals surface area contributed by atoms with Gasteiger partial charge in [-0.3, -0.25) is 9.59 Å². The van der Waals surface area contributed by atoms with Crippen LogP contribution in [0.2, 0.25) is 5.02 Å². The first-order valence-electron chi connectivity index (χ1n) is 9.76. The summed E-state index contributed by atoms with van der Waals surface area (Å²) in [7, 11) is 0. The summed E-state index contributed by atoms with van der Waals surface area (Å²) >= 11 is 6.21. The molecule has 1 aromatic rings. The molecule has 2 N–H and O–H groups in total. The number of nitrogens with one attached hydrogen (secondary N) is 1. The SMILES string of the molecule is O=C(O)CC(NC(=O)C1CCCN(C(=O)N2CCCC2)C1)c1ccccc1Cl. The molecule has 0 bridgehead atoms. The van der Waals surface area contributed by atoms with Crippen molar-refractivity contribution in [2.45, 2.75) is 38.1 Å². The van der Waals surface area contributed by atoms with Gasteiger partial charge in [0.15, 0.2) is 0 Å². The van der Waals surface area contributed by atoms with Gasteiger partial charge in [0, 0.05) is 31.2 Å². The minimum absolute atomic E-state index is 0.00295. The highest BCUT2D eigenvalue weighted by Gasteiger charge is 2.33. The van der Waals surface area contributed by atoms with E-state index in [1.54, 1.807) is 29.2 Å². The molecule has 1 aromatic carbocycles. The van der Waals surface area contributed by atoms with E-state index in [1.807, 2.05) is 4.90 Å². The molecule has 2 atom stereocenters. The van der Waals surface area contributed by atoms with Gasteiger partial charge in [-0.1, -0.05) is 29.8 Å². The molecule has 3 rings (SSSR count). The first-order valence-corrected chi connectivity index (χ1v) is 10.1. The number of benzene rings is 1. The minimum Gasteiger partial charge on any atom is -0.481 e. The lowest BCUT2D eigenvalue weighted by atomic mass is 9.95. The van der Waals surface area contributed by atoms with E-state index in [-0.39, 0.29) is 24.3 Å². The maximum Gasteiger partial charge on any atom is 0.320 e. The summed E-state index contributed by atoms with van der Waals surface area (Å²) in [5.41, 5.74) is 0.584. The van der Waals surface area contributed by atoms with Crippen molar-refractivity contribution in [1.29, 1.82) is 0 Å². The topological polar surface area (TPSA) is 90.0 Å². The predicted octanol–water partition coefficient (Wildman–Crippen LogP) is 2.90. The smallest absolute Gasteiger partial charge is 0.320 e. The summed E-state index contributed by atoms with van der Waals surface area (Å²) in [4.78, 5) is 40.4. The van der Waals surface area contributed by atoms with E-state index in [0.29, 0.717) is 30.1 Å². The molecule has 3 amide bonds. The van der Waals surface area contributed by atoms with Crippen LogP contribution in [0.3, 0.4) is 0 Å². The van der Waals surface area contributed by atoms with Gasteiger partial charge in [0.25, 0.3) is 0 Å². The molecule has 0 saturated carbocycles. The van der Waals surface area contributed by atoms with E-state index in [9.17, 15) is 19.5 Å². The highest BCUT2D eigenvalue weighted by Crippen LogP contribution is 2.27. The van der Waals surface area contributed by atoms with Crippen molar-refractivity contribution in [2.75, 3.05) is 26.2 Å². The van der Waals surface area contributed by atoms with Crippen molar-refractivity contribution < 1.29 is 19.5 Å². The maximum atomic E-state index is 12.9. The van der Waals surface area contributed by atoms with E-state index < -0.39 is 12.0 Å². The molecule has 2 aliphatic rings. The number of carboxylic acids is 1. The average Bonchev–Trinajstić information content (AvgIpc) is 3.22. The molecule has 2 saturated heterocycles. The Labute approximate surface area is 169 Å². The van der Waals surface area contributed by atoms with Gasteiger partial charge in [0.1, 0.15) is 0 Å². The third-order valence-electron chi connectivity index (χ3n) is 5.42. The summed E-state index contributed by atoms with van der Waals surface area (Å²) in [6, 6.07) is 6.22. The number of carboxylic acid groups (broad SMARTS) is 1. The van der Waals surface area contributed by atoms with Crippen LogP contribution in [0.25, 0.3) is 0 Å². The number of hydrogen-bond donors (Lipinski definition) is 2. The Morgan fingerprint density at radius 3 is 2.46 bits per heavy atom. The fourth-order valence-corrected chi connectivity index (χ4v) is 4.20. The zero-order valence-electron chi connectivity index (χ0n) is 15.8. The van der Waals surface area contributed by atoms with Crippen molar-refractivity contribution >= 4 is 29.5 Å². The number of urea groups is 1. The van der Waals surface area contributed by atoms with E-state index in [2.05, 4.69) is 5.32 Å². The number of carbonyl (C=O) groups excluding carboxylic acids is 2. The molecule has 28 heavy (non-hydrogen) atoms. The highest BCUT2D eigenvalue weighted by atomic mass is 35.5. The van der Waals surface area contributed by atoms with Gasteiger partial charge >= 0.3 is 12.0 Å². The second-order valence-corrected chi connectivity index (χ2v) is 7.85. The van der Waals surface area contributed by atoms with Crippen molar-refractivity contribution in [2.24, 2.45) is 5.92 Å². The summed E-state index contributed by atoms with van der Waals surface area (Å²) in [6.07, 6.45) is 3.24. The van der Waals surface area contributed by atoms with Crippen LogP contribution in [0.1, 0.15) is 43.7 Å². The van der Waals surface area contributed by atoms with Crippen LogP contribution in [0.15, 0.2) is 24.3 Å². The molecule has 8 heteroatoms. The number of amides is 3. The number of nitrogens with zero attached hydrogens (tertiary/aromatic N) is 2. The number of aliphatic carboxylic acids is 1. The largest absolute Gasteiger partial charge is 0.481 e. The van der Waals surface area contributed by atoms with Gasteiger partial charge in [-0.2, -0.15) is 0 Å². The first-order chi connectivity index (χ1) is 13.5. The molecule has 0 radical (unpaired) electrons. The zero-order valence-corrected chi connectivity index (χ0v) is 16.5.